The van der Waals surface area contributed by atoms with E-state index in [0.717, 1.165) is 24.8 Å². The maximum atomic E-state index is 13.1. The molecule has 2 aliphatic rings. The van der Waals surface area contributed by atoms with Crippen molar-refractivity contribution in [3.05, 3.63) is 47.2 Å². The maximum Gasteiger partial charge on any atom is 0.318 e. The lowest BCUT2D eigenvalue weighted by molar-refractivity contribution is -0.121. The second-order valence-electron chi connectivity index (χ2n) is 8.26. The number of rotatable bonds is 5. The molecule has 7 nitrogen and oxygen atoms in total. The van der Waals surface area contributed by atoms with E-state index in [1.54, 1.807) is 9.58 Å². The first-order valence-electron chi connectivity index (χ1n) is 10.4. The fourth-order valence-electron chi connectivity index (χ4n) is 3.87. The van der Waals surface area contributed by atoms with Gasteiger partial charge in [0.1, 0.15) is 6.04 Å². The molecule has 1 saturated heterocycles. The summed E-state index contributed by atoms with van der Waals surface area (Å²) < 4.78 is 1.68. The quantitative estimate of drug-likeness (QED) is 0.846. The minimum absolute atomic E-state index is 0.0785. The number of nitrogens with one attached hydrogen (secondary N) is 1. The number of anilines is 1. The van der Waals surface area contributed by atoms with Gasteiger partial charge in [-0.05, 0) is 56.2 Å². The van der Waals surface area contributed by atoms with Crippen LogP contribution in [0.2, 0.25) is 0 Å². The van der Waals surface area contributed by atoms with Crippen molar-refractivity contribution in [1.29, 1.82) is 0 Å². The van der Waals surface area contributed by atoms with Gasteiger partial charge in [-0.3, -0.25) is 14.4 Å². The van der Waals surface area contributed by atoms with Crippen molar-refractivity contribution in [2.24, 2.45) is 7.05 Å². The number of hydrogen-bond acceptors (Lipinski definition) is 3. The van der Waals surface area contributed by atoms with Gasteiger partial charge in [-0.2, -0.15) is 5.10 Å². The Morgan fingerprint density at radius 2 is 2.00 bits per heavy atom. The molecule has 1 unspecified atom stereocenters. The van der Waals surface area contributed by atoms with Crippen molar-refractivity contribution in [1.82, 2.24) is 20.0 Å². The predicted octanol–water partition coefficient (Wildman–Crippen LogP) is 2.91. The minimum Gasteiger partial charge on any atom is -0.326 e. The summed E-state index contributed by atoms with van der Waals surface area (Å²) in [7, 11) is 1.83. The van der Waals surface area contributed by atoms with E-state index in [4.69, 9.17) is 0 Å². The minimum atomic E-state index is -0.501. The van der Waals surface area contributed by atoms with Crippen molar-refractivity contribution in [2.75, 3.05) is 11.4 Å². The zero-order chi connectivity index (χ0) is 20.5. The van der Waals surface area contributed by atoms with Gasteiger partial charge in [-0.25, -0.2) is 4.79 Å². The number of carbonyl (C=O) groups excluding carboxylic acids is 2. The largest absolute Gasteiger partial charge is 0.326 e. The molecular weight excluding hydrogens is 366 g/mol. The Hall–Kier alpha value is -2.83. The molecular formula is C22H29N5O2. The summed E-state index contributed by atoms with van der Waals surface area (Å²) in [5, 5.41) is 7.35. The van der Waals surface area contributed by atoms with E-state index < -0.39 is 6.04 Å². The third-order valence-corrected chi connectivity index (χ3v) is 5.89. The van der Waals surface area contributed by atoms with Crippen LogP contribution >= 0.6 is 0 Å². The molecule has 2 fully saturated rings. The molecule has 29 heavy (non-hydrogen) atoms. The Bertz CT molecular complexity index is 918. The van der Waals surface area contributed by atoms with Crippen molar-refractivity contribution in [3.63, 3.8) is 0 Å². The molecule has 7 heteroatoms. The van der Waals surface area contributed by atoms with Gasteiger partial charge in [0.25, 0.3) is 5.91 Å². The monoisotopic (exact) mass is 395 g/mol. The van der Waals surface area contributed by atoms with E-state index in [1.165, 1.54) is 11.1 Å². The maximum absolute atomic E-state index is 13.1. The Kier molecular flexibility index (Phi) is 5.30. The second-order valence-corrected chi connectivity index (χ2v) is 8.26. The SMILES string of the molecule is Cc1ccc(CN(C(=O)NC2CCCN(c3ccn(C)n3)C2=O)C2CC2)cc1C. The van der Waals surface area contributed by atoms with Crippen LogP contribution < -0.4 is 10.2 Å². The van der Waals surface area contributed by atoms with Crippen LogP contribution in [0.25, 0.3) is 0 Å². The highest BCUT2D eigenvalue weighted by molar-refractivity contribution is 5.99. The summed E-state index contributed by atoms with van der Waals surface area (Å²) in [4.78, 5) is 29.6. The lowest BCUT2D eigenvalue weighted by Gasteiger charge is -2.33. The molecule has 1 atom stereocenters. The third kappa shape index (κ3) is 4.28. The van der Waals surface area contributed by atoms with Crippen LogP contribution in [0.1, 0.15) is 42.4 Å². The Morgan fingerprint density at radius 1 is 1.21 bits per heavy atom. The van der Waals surface area contributed by atoms with Gasteiger partial charge in [0.05, 0.1) is 0 Å². The number of carbonyl (C=O) groups is 2. The van der Waals surface area contributed by atoms with Crippen LogP contribution in [0.5, 0.6) is 0 Å². The molecule has 1 aliphatic heterocycles. The Balaban J connectivity index is 1.44. The molecule has 1 saturated carbocycles. The molecule has 2 aromatic rings. The number of amides is 3. The summed E-state index contributed by atoms with van der Waals surface area (Å²) >= 11 is 0. The molecule has 4 rings (SSSR count). The van der Waals surface area contributed by atoms with E-state index in [9.17, 15) is 9.59 Å². The second kappa shape index (κ2) is 7.89. The highest BCUT2D eigenvalue weighted by atomic mass is 16.2. The summed E-state index contributed by atoms with van der Waals surface area (Å²) in [6.07, 6.45) is 5.38. The number of aromatic nitrogens is 2. The molecule has 1 aromatic carbocycles. The van der Waals surface area contributed by atoms with E-state index in [1.807, 2.05) is 24.2 Å². The zero-order valence-electron chi connectivity index (χ0n) is 17.4. The van der Waals surface area contributed by atoms with E-state index in [0.29, 0.717) is 25.3 Å². The first-order chi connectivity index (χ1) is 13.9. The molecule has 1 aliphatic carbocycles. The van der Waals surface area contributed by atoms with E-state index in [2.05, 4.69) is 42.5 Å². The van der Waals surface area contributed by atoms with Gasteiger partial charge in [-0.15, -0.1) is 0 Å². The summed E-state index contributed by atoms with van der Waals surface area (Å²) in [6.45, 7) is 5.39. The third-order valence-electron chi connectivity index (χ3n) is 5.89. The summed E-state index contributed by atoms with van der Waals surface area (Å²) in [6, 6.07) is 7.78. The first-order valence-corrected chi connectivity index (χ1v) is 10.4. The fourth-order valence-corrected chi connectivity index (χ4v) is 3.87. The van der Waals surface area contributed by atoms with Gasteiger partial charge in [0, 0.05) is 38.4 Å². The van der Waals surface area contributed by atoms with Gasteiger partial charge < -0.3 is 10.2 Å². The molecule has 0 radical (unpaired) electrons. The smallest absolute Gasteiger partial charge is 0.318 e. The van der Waals surface area contributed by atoms with E-state index >= 15 is 0 Å². The van der Waals surface area contributed by atoms with Crippen LogP contribution in [0.3, 0.4) is 0 Å². The molecule has 3 amide bonds. The number of nitrogens with zero attached hydrogens (tertiary/aromatic N) is 4. The number of benzene rings is 1. The van der Waals surface area contributed by atoms with Crippen molar-refractivity contribution in [2.45, 2.75) is 58.2 Å². The van der Waals surface area contributed by atoms with Crippen molar-refractivity contribution < 1.29 is 9.59 Å². The van der Waals surface area contributed by atoms with Crippen molar-refractivity contribution in [3.8, 4) is 0 Å². The lowest BCUT2D eigenvalue weighted by atomic mass is 10.0. The molecule has 1 aromatic heterocycles. The number of aryl methyl sites for hydroxylation is 3. The standard InChI is InChI=1S/C22H29N5O2/c1-15-6-7-17(13-16(15)2)14-27(18-8-9-18)22(29)23-19-5-4-11-26(21(19)28)20-10-12-25(3)24-20/h6-7,10,12-13,18-19H,4-5,8-9,11,14H2,1-3H3,(H,23,29). The normalized spacial score (nSPS) is 19.3. The predicted molar refractivity (Wildman–Crippen MR) is 112 cm³/mol. The number of piperidine rings is 1. The summed E-state index contributed by atoms with van der Waals surface area (Å²) in [5.74, 6) is 0.566. The Labute approximate surface area is 171 Å². The van der Waals surface area contributed by atoms with Crippen LogP contribution in [-0.2, 0) is 18.4 Å². The fraction of sp³-hybridized carbons (Fsp3) is 0.500. The number of hydrogen-bond donors (Lipinski definition) is 1. The first kappa shape index (κ1) is 19.5. The van der Waals surface area contributed by atoms with E-state index in [-0.39, 0.29) is 18.0 Å². The number of urea groups is 1. The summed E-state index contributed by atoms with van der Waals surface area (Å²) in [5.41, 5.74) is 3.60. The average Bonchev–Trinajstić information content (AvgIpc) is 3.44. The molecule has 154 valence electrons. The van der Waals surface area contributed by atoms with Crippen LogP contribution in [-0.4, -0.2) is 45.2 Å². The molecule has 1 N–H and O–H groups in total. The van der Waals surface area contributed by atoms with Crippen LogP contribution in [0, 0.1) is 13.8 Å². The average molecular weight is 396 g/mol. The molecule has 2 heterocycles. The van der Waals surface area contributed by atoms with Crippen LogP contribution in [0.4, 0.5) is 10.6 Å². The van der Waals surface area contributed by atoms with Crippen molar-refractivity contribution >= 4 is 17.8 Å². The lowest BCUT2D eigenvalue weighted by Crippen LogP contribution is -2.55. The zero-order valence-corrected chi connectivity index (χ0v) is 17.4. The van der Waals surface area contributed by atoms with Gasteiger partial charge in [0.2, 0.25) is 0 Å². The molecule has 0 spiro atoms. The van der Waals surface area contributed by atoms with Gasteiger partial charge >= 0.3 is 6.03 Å². The highest BCUT2D eigenvalue weighted by Gasteiger charge is 2.37. The Morgan fingerprint density at radius 3 is 2.66 bits per heavy atom. The van der Waals surface area contributed by atoms with Gasteiger partial charge in [0.15, 0.2) is 5.82 Å². The topological polar surface area (TPSA) is 70.5 Å². The molecule has 0 bridgehead atoms. The van der Waals surface area contributed by atoms with Gasteiger partial charge in [-0.1, -0.05) is 18.2 Å². The highest BCUT2D eigenvalue weighted by Crippen LogP contribution is 2.29. The van der Waals surface area contributed by atoms with Crippen LogP contribution in [0.15, 0.2) is 30.5 Å².